The maximum Gasteiger partial charge on any atom is 0.0543 e. The lowest BCUT2D eigenvalue weighted by Crippen LogP contribution is -2.48. The van der Waals surface area contributed by atoms with Gasteiger partial charge in [-0.15, -0.1) is 0 Å². The number of hydrogen-bond donors (Lipinski definition) is 1. The molecule has 0 amide bonds. The molecule has 3 rings (SSSR count). The number of aliphatic hydroxyl groups excluding tert-OH is 1. The van der Waals surface area contributed by atoms with Crippen LogP contribution in [0, 0.1) is 46.3 Å². The molecule has 1 heteroatoms. The van der Waals surface area contributed by atoms with Crippen LogP contribution in [0.3, 0.4) is 0 Å². The molecule has 0 aromatic carbocycles. The van der Waals surface area contributed by atoms with E-state index in [0.29, 0.717) is 16.7 Å². The molecule has 0 aliphatic heterocycles. The van der Waals surface area contributed by atoms with E-state index in [1.807, 2.05) is 0 Å². The summed E-state index contributed by atoms with van der Waals surface area (Å²) in [6, 6.07) is 0. The third kappa shape index (κ3) is 5.28. The van der Waals surface area contributed by atoms with Gasteiger partial charge in [-0.2, -0.15) is 0 Å². The van der Waals surface area contributed by atoms with Gasteiger partial charge in [-0.25, -0.2) is 0 Å². The van der Waals surface area contributed by atoms with Gasteiger partial charge in [0.15, 0.2) is 0 Å². The average molecular weight is 431 g/mol. The normalized spacial score (nSPS) is 38.7. The second-order valence-electron chi connectivity index (χ2n) is 12.9. The van der Waals surface area contributed by atoms with Crippen LogP contribution >= 0.6 is 0 Å². The molecule has 3 aliphatic rings. The van der Waals surface area contributed by atoms with E-state index in [4.69, 9.17) is 0 Å². The van der Waals surface area contributed by atoms with Gasteiger partial charge in [-0.05, 0) is 97.7 Å². The molecule has 1 N–H and O–H groups in total. The number of allylic oxidation sites excluding steroid dienone is 2. The first-order chi connectivity index (χ1) is 14.6. The molecule has 2 fully saturated rings. The van der Waals surface area contributed by atoms with E-state index in [2.05, 4.69) is 54.5 Å². The van der Waals surface area contributed by atoms with Gasteiger partial charge < -0.3 is 5.11 Å². The Labute approximate surface area is 194 Å². The molecular weight excluding hydrogens is 376 g/mol. The lowest BCUT2D eigenvalue weighted by Gasteiger charge is -2.56. The second kappa shape index (κ2) is 10.3. The highest BCUT2D eigenvalue weighted by molar-refractivity contribution is 5.23. The first kappa shape index (κ1) is 25.3. The summed E-state index contributed by atoms with van der Waals surface area (Å²) in [5.41, 5.74) is 2.73. The Kier molecular flexibility index (Phi) is 8.43. The fourth-order valence-electron chi connectivity index (χ4n) is 8.58. The van der Waals surface area contributed by atoms with Crippen molar-refractivity contribution in [1.29, 1.82) is 0 Å². The van der Waals surface area contributed by atoms with Crippen LogP contribution < -0.4 is 0 Å². The Morgan fingerprint density at radius 1 is 1.03 bits per heavy atom. The van der Waals surface area contributed by atoms with Gasteiger partial charge in [0, 0.05) is 0 Å². The van der Waals surface area contributed by atoms with E-state index < -0.39 is 0 Å². The zero-order valence-electron chi connectivity index (χ0n) is 22.1. The summed E-state index contributed by atoms with van der Waals surface area (Å²) in [7, 11) is 0. The maximum absolute atomic E-state index is 10.2. The number of fused-ring (bicyclic) bond motifs is 3. The predicted molar refractivity (Wildman–Crippen MR) is 135 cm³/mol. The minimum absolute atomic E-state index is 0.0467. The van der Waals surface area contributed by atoms with Crippen LogP contribution in [0.4, 0.5) is 0 Å². The molecular formula is C30H54O. The third-order valence-electron chi connectivity index (χ3n) is 10.6. The Balaban J connectivity index is 1.68. The monoisotopic (exact) mass is 430 g/mol. The first-order valence-electron chi connectivity index (χ1n) is 14.0. The van der Waals surface area contributed by atoms with Crippen molar-refractivity contribution in [2.75, 3.05) is 0 Å². The fraction of sp³-hybridized carbons (Fsp3) is 0.933. The number of hydrogen-bond acceptors (Lipinski definition) is 1. The summed E-state index contributed by atoms with van der Waals surface area (Å²) in [5.74, 6) is 4.92. The van der Waals surface area contributed by atoms with Crippen molar-refractivity contribution in [3.63, 3.8) is 0 Å². The number of rotatable bonds is 9. The molecule has 0 aromatic rings. The minimum Gasteiger partial charge on any atom is -0.393 e. The predicted octanol–water partition coefficient (Wildman–Crippen LogP) is 8.81. The molecule has 8 atom stereocenters. The van der Waals surface area contributed by atoms with Crippen molar-refractivity contribution < 1.29 is 5.11 Å². The summed E-state index contributed by atoms with van der Waals surface area (Å²) in [5, 5.41) is 10.2. The molecule has 3 aliphatic carbocycles. The van der Waals surface area contributed by atoms with Gasteiger partial charge in [0.05, 0.1) is 6.10 Å². The first-order valence-corrected chi connectivity index (χ1v) is 14.0. The van der Waals surface area contributed by atoms with E-state index in [9.17, 15) is 5.11 Å². The molecule has 180 valence electrons. The molecule has 0 heterocycles. The molecule has 0 bridgehead atoms. The van der Waals surface area contributed by atoms with Gasteiger partial charge in [-0.3, -0.25) is 0 Å². The van der Waals surface area contributed by atoms with Crippen molar-refractivity contribution in [3.8, 4) is 0 Å². The SMILES string of the molecule is CCC[C@H](CC[C@@H](C)[C@@H](CC)[C@@]1(C)CC[C@H]2C(=CCC3CC(O)CC[C@@]32C)C1)C(C)C. The third-order valence-corrected chi connectivity index (χ3v) is 10.6. The van der Waals surface area contributed by atoms with Gasteiger partial charge >= 0.3 is 0 Å². The van der Waals surface area contributed by atoms with E-state index in [1.54, 1.807) is 5.57 Å². The summed E-state index contributed by atoms with van der Waals surface area (Å²) < 4.78 is 0. The fourth-order valence-corrected chi connectivity index (χ4v) is 8.58. The average Bonchev–Trinajstić information content (AvgIpc) is 2.71. The van der Waals surface area contributed by atoms with Crippen molar-refractivity contribution in [1.82, 2.24) is 0 Å². The van der Waals surface area contributed by atoms with E-state index >= 15 is 0 Å². The van der Waals surface area contributed by atoms with Gasteiger partial charge in [0.2, 0.25) is 0 Å². The van der Waals surface area contributed by atoms with E-state index in [-0.39, 0.29) is 6.10 Å². The minimum atomic E-state index is -0.0467. The Morgan fingerprint density at radius 3 is 2.42 bits per heavy atom. The zero-order valence-corrected chi connectivity index (χ0v) is 22.1. The molecule has 2 saturated carbocycles. The van der Waals surface area contributed by atoms with Gasteiger partial charge in [-0.1, -0.05) is 85.8 Å². The highest BCUT2D eigenvalue weighted by atomic mass is 16.3. The Bertz CT molecular complexity index is 606. The van der Waals surface area contributed by atoms with Crippen molar-refractivity contribution in [3.05, 3.63) is 11.6 Å². The molecule has 1 nitrogen and oxygen atoms in total. The van der Waals surface area contributed by atoms with Crippen LogP contribution in [0.25, 0.3) is 0 Å². The lowest BCUT2D eigenvalue weighted by molar-refractivity contribution is -0.0383. The highest BCUT2D eigenvalue weighted by Crippen LogP contribution is 2.61. The van der Waals surface area contributed by atoms with Crippen LogP contribution in [-0.4, -0.2) is 11.2 Å². The van der Waals surface area contributed by atoms with E-state index in [1.165, 1.54) is 64.2 Å². The molecule has 0 radical (unpaired) electrons. The van der Waals surface area contributed by atoms with Crippen molar-refractivity contribution in [2.24, 2.45) is 46.3 Å². The van der Waals surface area contributed by atoms with Crippen LogP contribution in [0.15, 0.2) is 11.6 Å². The van der Waals surface area contributed by atoms with Crippen LogP contribution in [-0.2, 0) is 0 Å². The summed E-state index contributed by atoms with van der Waals surface area (Å²) in [6.07, 6.45) is 18.2. The van der Waals surface area contributed by atoms with E-state index in [0.717, 1.165) is 42.4 Å². The molecule has 0 saturated heterocycles. The largest absolute Gasteiger partial charge is 0.393 e. The van der Waals surface area contributed by atoms with Crippen molar-refractivity contribution >= 4 is 0 Å². The molecule has 31 heavy (non-hydrogen) atoms. The zero-order chi connectivity index (χ0) is 22.8. The lowest BCUT2D eigenvalue weighted by atomic mass is 9.48. The Morgan fingerprint density at radius 2 is 1.77 bits per heavy atom. The standard InChI is InChI=1S/C30H54O/c1-8-10-23(21(3)4)12-11-22(5)27(9-2)29(6)17-16-28-24(20-29)13-14-25-19-26(31)15-18-30(25,28)7/h13,21-23,25-28,31H,8-12,14-20H2,1-7H3/t22-,23-,25?,26?,27-,28+,29+,30+/m1/s1. The van der Waals surface area contributed by atoms with Crippen LogP contribution in [0.2, 0.25) is 0 Å². The smallest absolute Gasteiger partial charge is 0.0543 e. The second-order valence-corrected chi connectivity index (χ2v) is 12.9. The van der Waals surface area contributed by atoms with Crippen LogP contribution in [0.5, 0.6) is 0 Å². The Hall–Kier alpha value is -0.300. The summed E-state index contributed by atoms with van der Waals surface area (Å²) >= 11 is 0. The summed E-state index contributed by atoms with van der Waals surface area (Å²) in [6.45, 7) is 17.5. The highest BCUT2D eigenvalue weighted by Gasteiger charge is 2.52. The van der Waals surface area contributed by atoms with Crippen molar-refractivity contribution in [2.45, 2.75) is 132 Å². The quantitative estimate of drug-likeness (QED) is 0.362. The topological polar surface area (TPSA) is 20.2 Å². The summed E-state index contributed by atoms with van der Waals surface area (Å²) in [4.78, 5) is 0. The molecule has 0 spiro atoms. The number of aliphatic hydroxyl groups is 1. The molecule has 2 unspecified atom stereocenters. The van der Waals surface area contributed by atoms with Crippen LogP contribution in [0.1, 0.15) is 126 Å². The van der Waals surface area contributed by atoms with Gasteiger partial charge in [0.25, 0.3) is 0 Å². The molecule has 0 aromatic heterocycles. The maximum atomic E-state index is 10.2. The van der Waals surface area contributed by atoms with Gasteiger partial charge in [0.1, 0.15) is 0 Å².